The summed E-state index contributed by atoms with van der Waals surface area (Å²) in [5.41, 5.74) is 1.01. The van der Waals surface area contributed by atoms with Gasteiger partial charge in [0.15, 0.2) is 11.5 Å². The predicted octanol–water partition coefficient (Wildman–Crippen LogP) is 3.56. The van der Waals surface area contributed by atoms with Gasteiger partial charge in [0.1, 0.15) is 11.5 Å². The van der Waals surface area contributed by atoms with Gasteiger partial charge in [0, 0.05) is 19.2 Å². The number of carbonyl (C=O) groups excluding carboxylic acids is 2. The first-order valence-corrected chi connectivity index (χ1v) is 10.6. The predicted molar refractivity (Wildman–Crippen MR) is 123 cm³/mol. The molecule has 0 unspecified atom stereocenters. The molecular formula is C25H29NO7. The molecular weight excluding hydrogens is 426 g/mol. The number of hydrogen-bond acceptors (Lipinski definition) is 7. The lowest BCUT2D eigenvalue weighted by molar-refractivity contribution is -0.140. The van der Waals surface area contributed by atoms with E-state index in [1.165, 1.54) is 26.2 Å². The molecule has 1 aliphatic rings. The molecule has 0 aromatic heterocycles. The van der Waals surface area contributed by atoms with Crippen LogP contribution in [0.3, 0.4) is 0 Å². The topological polar surface area (TPSA) is 94.5 Å². The number of ether oxygens (including phenoxy) is 4. The summed E-state index contributed by atoms with van der Waals surface area (Å²) in [4.78, 5) is 27.3. The van der Waals surface area contributed by atoms with Crippen LogP contribution in [0.25, 0.3) is 5.76 Å². The molecule has 1 fully saturated rings. The molecule has 176 valence electrons. The van der Waals surface area contributed by atoms with E-state index in [9.17, 15) is 14.7 Å². The number of ketones is 1. The molecule has 0 spiro atoms. The van der Waals surface area contributed by atoms with E-state index in [0.29, 0.717) is 28.4 Å². The van der Waals surface area contributed by atoms with Gasteiger partial charge in [-0.1, -0.05) is 6.07 Å². The molecule has 33 heavy (non-hydrogen) atoms. The number of rotatable bonds is 9. The summed E-state index contributed by atoms with van der Waals surface area (Å²) in [5.74, 6) is -0.125. The third-order valence-electron chi connectivity index (χ3n) is 5.30. The smallest absolute Gasteiger partial charge is 0.295 e. The zero-order chi connectivity index (χ0) is 24.1. The van der Waals surface area contributed by atoms with Crippen LogP contribution in [0.1, 0.15) is 31.0 Å². The van der Waals surface area contributed by atoms with Gasteiger partial charge in [0.2, 0.25) is 0 Å². The number of aliphatic hydroxyl groups excluding tert-OH is 1. The third kappa shape index (κ3) is 4.96. The van der Waals surface area contributed by atoms with Crippen molar-refractivity contribution in [3.05, 3.63) is 59.2 Å². The maximum absolute atomic E-state index is 13.0. The molecule has 1 atom stereocenters. The number of nitrogens with zero attached hydrogens (tertiary/aromatic N) is 1. The van der Waals surface area contributed by atoms with Crippen LogP contribution in [-0.2, 0) is 14.3 Å². The minimum absolute atomic E-state index is 0.000563. The van der Waals surface area contributed by atoms with Crippen LogP contribution in [0.2, 0.25) is 0 Å². The first-order chi connectivity index (χ1) is 15.8. The molecule has 1 aliphatic heterocycles. The van der Waals surface area contributed by atoms with Crippen LogP contribution >= 0.6 is 0 Å². The van der Waals surface area contributed by atoms with Crippen molar-refractivity contribution in [2.75, 3.05) is 34.5 Å². The van der Waals surface area contributed by atoms with Crippen LogP contribution in [0, 0.1) is 0 Å². The van der Waals surface area contributed by atoms with E-state index in [0.717, 1.165) is 0 Å². The summed E-state index contributed by atoms with van der Waals surface area (Å²) >= 11 is 0. The first kappa shape index (κ1) is 24.1. The molecule has 1 amide bonds. The van der Waals surface area contributed by atoms with Crippen molar-refractivity contribution >= 4 is 17.4 Å². The summed E-state index contributed by atoms with van der Waals surface area (Å²) < 4.78 is 21.5. The van der Waals surface area contributed by atoms with Gasteiger partial charge in [0.25, 0.3) is 11.7 Å². The second-order valence-corrected chi connectivity index (χ2v) is 7.79. The molecule has 0 saturated carbocycles. The van der Waals surface area contributed by atoms with Crippen LogP contribution < -0.4 is 14.2 Å². The lowest BCUT2D eigenvalue weighted by Crippen LogP contribution is -2.32. The molecule has 2 aromatic rings. The average molecular weight is 456 g/mol. The SMILES string of the molecule is COCCN1C(=O)C(=O)C(=C(O)c2ccc(OC(C)C)cc2)[C@H]1c1ccc(OC)c(OC)c1. The van der Waals surface area contributed by atoms with Gasteiger partial charge in [-0.3, -0.25) is 9.59 Å². The minimum atomic E-state index is -0.813. The standard InChI is InChI=1S/C25H29NO7/c1-15(2)33-18-9-6-16(7-10-18)23(27)21-22(26(12-13-30-3)25(29)24(21)28)17-8-11-19(31-4)20(14-17)32-5/h6-11,14-15,22,27H,12-13H2,1-5H3/t22-/m1/s1. The Bertz CT molecular complexity index is 1040. The fraction of sp³-hybridized carbons (Fsp3) is 0.360. The summed E-state index contributed by atoms with van der Waals surface area (Å²) in [5, 5.41) is 11.1. The van der Waals surface area contributed by atoms with Crippen molar-refractivity contribution in [2.45, 2.75) is 26.0 Å². The number of likely N-dealkylation sites (tertiary alicyclic amines) is 1. The molecule has 0 bridgehead atoms. The highest BCUT2D eigenvalue weighted by atomic mass is 16.5. The molecule has 0 aliphatic carbocycles. The van der Waals surface area contributed by atoms with Crippen LogP contribution in [0.15, 0.2) is 48.0 Å². The van der Waals surface area contributed by atoms with Gasteiger partial charge < -0.3 is 29.0 Å². The van der Waals surface area contributed by atoms with E-state index < -0.39 is 17.7 Å². The Morgan fingerprint density at radius 2 is 1.67 bits per heavy atom. The second kappa shape index (κ2) is 10.4. The van der Waals surface area contributed by atoms with E-state index >= 15 is 0 Å². The van der Waals surface area contributed by atoms with Gasteiger partial charge in [0.05, 0.1) is 38.5 Å². The molecule has 8 nitrogen and oxygen atoms in total. The van der Waals surface area contributed by atoms with E-state index in [2.05, 4.69) is 0 Å². The van der Waals surface area contributed by atoms with Gasteiger partial charge in [-0.25, -0.2) is 0 Å². The molecule has 2 aromatic carbocycles. The first-order valence-electron chi connectivity index (χ1n) is 10.6. The van der Waals surface area contributed by atoms with E-state index in [-0.39, 0.29) is 30.6 Å². The Kier molecular flexibility index (Phi) is 7.60. The minimum Gasteiger partial charge on any atom is -0.507 e. The quantitative estimate of drug-likeness (QED) is 0.351. The Hall–Kier alpha value is -3.52. The molecule has 1 heterocycles. The Balaban J connectivity index is 2.12. The van der Waals surface area contributed by atoms with Crippen LogP contribution in [0.4, 0.5) is 0 Å². The number of benzene rings is 2. The van der Waals surface area contributed by atoms with Crippen molar-refractivity contribution < 1.29 is 33.6 Å². The Morgan fingerprint density at radius 1 is 1.00 bits per heavy atom. The van der Waals surface area contributed by atoms with Crippen molar-refractivity contribution in [2.24, 2.45) is 0 Å². The van der Waals surface area contributed by atoms with Crippen molar-refractivity contribution in [3.63, 3.8) is 0 Å². The van der Waals surface area contributed by atoms with Gasteiger partial charge in [-0.15, -0.1) is 0 Å². The molecule has 0 radical (unpaired) electrons. The van der Waals surface area contributed by atoms with Crippen molar-refractivity contribution in [1.29, 1.82) is 0 Å². The van der Waals surface area contributed by atoms with E-state index in [4.69, 9.17) is 18.9 Å². The summed E-state index contributed by atoms with van der Waals surface area (Å²) in [6.45, 7) is 4.24. The number of carbonyl (C=O) groups is 2. The van der Waals surface area contributed by atoms with Crippen LogP contribution in [-0.4, -0.2) is 62.3 Å². The van der Waals surface area contributed by atoms with E-state index in [1.807, 2.05) is 13.8 Å². The maximum Gasteiger partial charge on any atom is 0.295 e. The summed E-state index contributed by atoms with van der Waals surface area (Å²) in [6, 6.07) is 11.0. The fourth-order valence-corrected chi connectivity index (χ4v) is 3.79. The van der Waals surface area contributed by atoms with Crippen molar-refractivity contribution in [1.82, 2.24) is 4.90 Å². The number of hydrogen-bond donors (Lipinski definition) is 1. The highest BCUT2D eigenvalue weighted by Crippen LogP contribution is 2.41. The number of Topliss-reactive ketones (excluding diaryl/α,β-unsaturated/α-hetero) is 1. The highest BCUT2D eigenvalue weighted by molar-refractivity contribution is 6.46. The number of methoxy groups -OCH3 is 3. The van der Waals surface area contributed by atoms with Crippen molar-refractivity contribution in [3.8, 4) is 17.2 Å². The van der Waals surface area contributed by atoms with Gasteiger partial charge in [-0.2, -0.15) is 0 Å². The highest BCUT2D eigenvalue weighted by Gasteiger charge is 2.46. The fourth-order valence-electron chi connectivity index (χ4n) is 3.79. The molecule has 8 heteroatoms. The largest absolute Gasteiger partial charge is 0.507 e. The molecule has 1 saturated heterocycles. The van der Waals surface area contributed by atoms with Crippen LogP contribution in [0.5, 0.6) is 17.2 Å². The monoisotopic (exact) mass is 455 g/mol. The molecule has 3 rings (SSSR count). The molecule has 1 N–H and O–H groups in total. The zero-order valence-electron chi connectivity index (χ0n) is 19.5. The lowest BCUT2D eigenvalue weighted by Gasteiger charge is -2.25. The van der Waals surface area contributed by atoms with Gasteiger partial charge in [-0.05, 0) is 55.8 Å². The summed E-state index contributed by atoms with van der Waals surface area (Å²) in [7, 11) is 4.54. The van der Waals surface area contributed by atoms with E-state index in [1.54, 1.807) is 42.5 Å². The van der Waals surface area contributed by atoms with Gasteiger partial charge >= 0.3 is 0 Å². The average Bonchev–Trinajstić information content (AvgIpc) is 3.06. The lowest BCUT2D eigenvalue weighted by atomic mass is 9.95. The summed E-state index contributed by atoms with van der Waals surface area (Å²) in [6.07, 6.45) is 0.000563. The second-order valence-electron chi connectivity index (χ2n) is 7.79. The zero-order valence-corrected chi connectivity index (χ0v) is 19.5. The Labute approximate surface area is 193 Å². The number of amides is 1. The third-order valence-corrected chi connectivity index (χ3v) is 5.30. The normalized spacial score (nSPS) is 17.5. The number of aliphatic hydroxyl groups is 1. The maximum atomic E-state index is 13.0. The Morgan fingerprint density at radius 3 is 2.24 bits per heavy atom.